The Morgan fingerprint density at radius 3 is 1.07 bits per heavy atom. The van der Waals surface area contributed by atoms with Crippen LogP contribution in [-0.2, 0) is 77.5 Å². The van der Waals surface area contributed by atoms with E-state index in [9.17, 15) is 10.2 Å². The minimum Gasteiger partial charge on any atom is -0.505 e. The van der Waals surface area contributed by atoms with Crippen molar-refractivity contribution < 1.29 is 28.5 Å². The molecule has 18 heteroatoms. The van der Waals surface area contributed by atoms with E-state index in [2.05, 4.69) is 148 Å². The molecule has 0 saturated carbocycles. The van der Waals surface area contributed by atoms with Crippen LogP contribution < -0.4 is 37.9 Å². The lowest BCUT2D eigenvalue weighted by Gasteiger charge is -2.37. The number of rotatable bonds is 22. The van der Waals surface area contributed by atoms with Crippen LogP contribution in [0.3, 0.4) is 0 Å². The first-order valence-corrected chi connectivity index (χ1v) is 37.1. The summed E-state index contributed by atoms with van der Waals surface area (Å²) >= 11 is 0. The van der Waals surface area contributed by atoms with Crippen LogP contribution in [0.15, 0.2) is 175 Å². The Morgan fingerprint density at radius 1 is 0.306 bits per heavy atom. The molecule has 0 atom stereocenters. The van der Waals surface area contributed by atoms with Crippen molar-refractivity contribution in [2.45, 2.75) is 180 Å². The second-order valence-electron chi connectivity index (χ2n) is 28.2. The number of aromatic nitrogens is 4. The van der Waals surface area contributed by atoms with Crippen LogP contribution in [0.4, 0.5) is 68.5 Å². The molecule has 0 fully saturated rings. The van der Waals surface area contributed by atoms with Gasteiger partial charge in [0.1, 0.15) is 41.6 Å². The third kappa shape index (κ3) is 14.9. The number of anilines is 4. The number of nitrogens with zero attached hydrogens (tertiary/aromatic N) is 16. The Bertz CT molecular complexity index is 4250. The van der Waals surface area contributed by atoms with Crippen molar-refractivity contribution in [3.63, 3.8) is 0 Å². The van der Waals surface area contributed by atoms with Gasteiger partial charge in [0.15, 0.2) is 36.2 Å². The highest BCUT2D eigenvalue weighted by atomic mass is 16.3. The Balaban J connectivity index is 0.000000160. The second kappa shape index (κ2) is 30.6. The minimum absolute atomic E-state index is 0.293. The van der Waals surface area contributed by atoms with E-state index in [4.69, 9.17) is 10.2 Å². The van der Waals surface area contributed by atoms with E-state index in [1.807, 2.05) is 54.7 Å². The van der Waals surface area contributed by atoms with Crippen molar-refractivity contribution in [2.75, 3.05) is 72.0 Å². The first-order valence-electron chi connectivity index (χ1n) is 37.1. The third-order valence-corrected chi connectivity index (χ3v) is 21.3. The number of benzene rings is 4. The zero-order chi connectivity index (χ0) is 66.0. The van der Waals surface area contributed by atoms with Gasteiger partial charge in [0.25, 0.3) is 0 Å². The van der Waals surface area contributed by atoms with E-state index in [-0.39, 0.29) is 0 Å². The fourth-order valence-corrected chi connectivity index (χ4v) is 16.7. The fourth-order valence-electron chi connectivity index (χ4n) is 16.7. The Hall–Kier alpha value is -9.32. The van der Waals surface area contributed by atoms with Gasteiger partial charge in [-0.2, -0.15) is 5.11 Å². The Kier molecular flexibility index (Phi) is 20.2. The molecule has 0 amide bonds. The van der Waals surface area contributed by atoms with Crippen LogP contribution in [0.2, 0.25) is 0 Å². The number of phenols is 2. The second-order valence-corrected chi connectivity index (χ2v) is 28.2. The van der Waals surface area contributed by atoms with Crippen LogP contribution in [0.1, 0.15) is 147 Å². The molecule has 8 aromatic rings. The zero-order valence-electron chi connectivity index (χ0n) is 57.2. The molecule has 504 valence electrons. The molecule has 98 heavy (non-hydrogen) atoms. The van der Waals surface area contributed by atoms with Crippen LogP contribution in [0.25, 0.3) is 0 Å². The van der Waals surface area contributed by atoms with Crippen LogP contribution in [0.5, 0.6) is 11.5 Å². The number of aromatic hydroxyl groups is 2. The highest BCUT2D eigenvalue weighted by Crippen LogP contribution is 2.48. The molecule has 16 rings (SSSR count). The van der Waals surface area contributed by atoms with Crippen LogP contribution in [-0.4, -0.2) is 62.6 Å². The molecule has 0 spiro atoms. The average molecular weight is 1310 g/mol. The van der Waals surface area contributed by atoms with E-state index >= 15 is 0 Å². The van der Waals surface area contributed by atoms with E-state index in [0.717, 1.165) is 213 Å². The minimum atomic E-state index is 0.293. The van der Waals surface area contributed by atoms with Crippen molar-refractivity contribution in [1.29, 1.82) is 0 Å². The predicted molar refractivity (Wildman–Crippen MR) is 385 cm³/mol. The van der Waals surface area contributed by atoms with E-state index in [0.29, 0.717) is 22.9 Å². The molecule has 8 aliphatic heterocycles. The molecular formula is C80H96N16O2+4. The number of hydrogen-bond donors (Lipinski definition) is 2. The maximum Gasteiger partial charge on any atom is 0.350 e. The lowest BCUT2D eigenvalue weighted by atomic mass is 9.90. The van der Waals surface area contributed by atoms with Gasteiger partial charge in [-0.25, -0.2) is 18.3 Å². The lowest BCUT2D eigenvalue weighted by Crippen LogP contribution is -2.34. The van der Waals surface area contributed by atoms with Gasteiger partial charge >= 0.3 is 11.6 Å². The summed E-state index contributed by atoms with van der Waals surface area (Å²) in [7, 11) is 0. The first-order chi connectivity index (χ1) is 48.4. The largest absolute Gasteiger partial charge is 0.505 e. The Labute approximate surface area is 577 Å². The highest BCUT2D eigenvalue weighted by molar-refractivity contribution is 5.76. The molecule has 0 bridgehead atoms. The monoisotopic (exact) mass is 1310 g/mol. The number of pyridine rings is 4. The summed E-state index contributed by atoms with van der Waals surface area (Å²) < 4.78 is 8.82. The zero-order valence-corrected chi connectivity index (χ0v) is 57.2. The number of hydrogen-bond acceptors (Lipinski definition) is 14. The summed E-state index contributed by atoms with van der Waals surface area (Å²) in [6, 6.07) is 33.5. The van der Waals surface area contributed by atoms with Crippen molar-refractivity contribution in [3.05, 3.63) is 179 Å². The van der Waals surface area contributed by atoms with E-state index in [1.165, 1.54) is 121 Å². The molecule has 18 nitrogen and oxygen atoms in total. The standard InChI is InChI=1S/C40H46N8O2.C40H48N8/c49-39-32-15-10-24-47-22-7-12-29(37(32)47)26-34(39)42-41-31-14-9-19-45(28-31)18-4-1-2-5-20-46-21-6-3-17-36(46)44-43-35-27-30-13-8-23-48-25-11-16-33(38(30)48)40(35)50;1(4-18-45-19-11-16-35(30-45)41-42-36-26-31-12-7-22-47-23-8-13-32(27-36)39(31)47)2-5-20-46-21-6-3-17-38(46)44-43-37-28-33-14-9-24-48-25-10-15-34(29-37)40(33)48/h3,6,9,14,17,19,21,26-28H,1-2,4-5,7-8,10-13,15-16,18,20,22-25H2;3,6,11,16-17,19,21,26-30H,1-2,4-5,7-10,12-15,18,20,22-25H2/q;+2/p+2. The lowest BCUT2D eigenvalue weighted by molar-refractivity contribution is -0.697. The van der Waals surface area contributed by atoms with Gasteiger partial charge in [0.2, 0.25) is 0 Å². The number of azo groups is 4. The topological polar surface area (TPSA) is 168 Å². The van der Waals surface area contributed by atoms with Gasteiger partial charge in [0.05, 0.1) is 41.4 Å². The third-order valence-electron chi connectivity index (χ3n) is 21.3. The number of aryl methyl sites for hydroxylation is 10. The van der Waals surface area contributed by atoms with E-state index in [1.54, 1.807) is 0 Å². The summed E-state index contributed by atoms with van der Waals surface area (Å²) in [5.74, 6) is 2.31. The molecule has 12 heterocycles. The predicted octanol–water partition coefficient (Wildman–Crippen LogP) is 16.9. The first kappa shape index (κ1) is 64.7. The molecule has 0 radical (unpaired) electrons. The molecule has 0 unspecified atom stereocenters. The van der Waals surface area contributed by atoms with Crippen molar-refractivity contribution >= 4 is 68.5 Å². The van der Waals surface area contributed by atoms with Gasteiger partial charge < -0.3 is 29.8 Å². The Morgan fingerprint density at radius 2 is 0.643 bits per heavy atom. The SMILES string of the molecule is Oc1c(N=Nc2ccc[n+](CCCCCC[n+]3ccccc3N=Nc3cc4c5c(c3O)CCCN5CCC4)c2)cc2c3c1CCCN3CCC2.c1cc[n+](CCCCCC[n+]2cccc(N=Nc3cc4c5c(c3)CCCN5CCC4)c2)c(N=Nc2cc3c4c(c2)CCCN4CCC3)c1. The molecular weight excluding hydrogens is 1220 g/mol. The summed E-state index contributed by atoms with van der Waals surface area (Å²) in [5.41, 5.74) is 20.8. The number of phenolic OH excluding ortho intramolecular Hbond substituents is 2. The maximum atomic E-state index is 11.1. The summed E-state index contributed by atoms with van der Waals surface area (Å²) in [4.78, 5) is 10.0. The average Bonchev–Trinajstić information content (AvgIpc) is 0.788. The van der Waals surface area contributed by atoms with Crippen LogP contribution in [0, 0.1) is 0 Å². The summed E-state index contributed by atoms with van der Waals surface area (Å²) in [6.45, 7) is 12.8. The smallest absolute Gasteiger partial charge is 0.350 e. The summed E-state index contributed by atoms with van der Waals surface area (Å²) in [5, 5.41) is 59.1. The summed E-state index contributed by atoms with van der Waals surface area (Å²) in [6.07, 6.45) is 39.4. The molecule has 4 aromatic heterocycles. The van der Waals surface area contributed by atoms with Gasteiger partial charge in [-0.05, 0) is 246 Å². The van der Waals surface area contributed by atoms with Crippen molar-refractivity contribution in [1.82, 2.24) is 0 Å². The van der Waals surface area contributed by atoms with Crippen LogP contribution >= 0.6 is 0 Å². The van der Waals surface area contributed by atoms with Gasteiger partial charge in [-0.1, -0.05) is 12.1 Å². The molecule has 8 aliphatic rings. The molecule has 4 aromatic carbocycles. The van der Waals surface area contributed by atoms with Crippen molar-refractivity contribution in [3.8, 4) is 11.5 Å². The van der Waals surface area contributed by atoms with Gasteiger partial charge in [0, 0.05) is 123 Å². The number of unbranched alkanes of at least 4 members (excludes halogenated alkanes) is 6. The molecule has 2 N–H and O–H groups in total. The van der Waals surface area contributed by atoms with Gasteiger partial charge in [-0.3, -0.25) is 0 Å². The highest BCUT2D eigenvalue weighted by Gasteiger charge is 2.31. The van der Waals surface area contributed by atoms with E-state index < -0.39 is 0 Å². The van der Waals surface area contributed by atoms with Crippen molar-refractivity contribution in [2.24, 2.45) is 40.9 Å². The maximum absolute atomic E-state index is 11.1. The fraction of sp³-hybridized carbons (Fsp3) is 0.450. The normalized spacial score (nSPS) is 16.7. The molecule has 0 aliphatic carbocycles. The quantitative estimate of drug-likeness (QED) is 0.0389. The van der Waals surface area contributed by atoms with Gasteiger partial charge in [-0.15, -0.1) is 15.3 Å². The molecule has 0 saturated heterocycles.